The number of hydrogen-bond acceptors (Lipinski definition) is 4. The first kappa shape index (κ1) is 14.0. The number of hydrogen-bond donors (Lipinski definition) is 1. The summed E-state index contributed by atoms with van der Waals surface area (Å²) >= 11 is 1.86. The van der Waals surface area contributed by atoms with Gasteiger partial charge in [0.25, 0.3) is 0 Å². The summed E-state index contributed by atoms with van der Waals surface area (Å²) in [4.78, 5) is 2.76. The molecule has 2 rings (SSSR count). The molecule has 1 aliphatic rings. The normalized spacial score (nSPS) is 21.3. The zero-order chi connectivity index (χ0) is 12.8. The molecule has 1 aromatic rings. The van der Waals surface area contributed by atoms with Crippen LogP contribution in [0.25, 0.3) is 0 Å². The molecule has 0 radical (unpaired) electrons. The second-order valence-corrected chi connectivity index (χ2v) is 6.15. The van der Waals surface area contributed by atoms with Gasteiger partial charge >= 0.3 is 0 Å². The van der Waals surface area contributed by atoms with Crippen LogP contribution in [-0.4, -0.2) is 32.5 Å². The van der Waals surface area contributed by atoms with Gasteiger partial charge in [-0.3, -0.25) is 0 Å². The minimum atomic E-state index is 0.336. The Morgan fingerprint density at radius 3 is 3.11 bits per heavy atom. The molecule has 0 spiro atoms. The van der Waals surface area contributed by atoms with E-state index in [0.29, 0.717) is 12.1 Å². The lowest BCUT2D eigenvalue weighted by Crippen LogP contribution is -2.24. The zero-order valence-corrected chi connectivity index (χ0v) is 12.1. The first-order chi connectivity index (χ1) is 8.75. The molecule has 1 saturated heterocycles. The minimum Gasteiger partial charge on any atom is -0.377 e. The van der Waals surface area contributed by atoms with E-state index in [1.165, 1.54) is 16.2 Å². The van der Waals surface area contributed by atoms with Crippen molar-refractivity contribution in [1.82, 2.24) is 5.32 Å². The molecule has 0 aromatic carbocycles. The van der Waals surface area contributed by atoms with Crippen molar-refractivity contribution in [3.05, 3.63) is 21.9 Å². The average Bonchev–Trinajstić information content (AvgIpc) is 2.99. The molecule has 1 aliphatic heterocycles. The molecule has 18 heavy (non-hydrogen) atoms. The number of thiophene rings is 1. The Bertz CT molecular complexity index is 347. The molecular formula is C14H23NO2S. The van der Waals surface area contributed by atoms with Crippen LogP contribution in [0.5, 0.6) is 0 Å². The smallest absolute Gasteiger partial charge is 0.0809 e. The van der Waals surface area contributed by atoms with Gasteiger partial charge in [-0.2, -0.15) is 0 Å². The highest BCUT2D eigenvalue weighted by Gasteiger charge is 2.15. The number of aryl methyl sites for hydroxylation is 1. The van der Waals surface area contributed by atoms with Gasteiger partial charge in [0, 0.05) is 28.9 Å². The van der Waals surface area contributed by atoms with E-state index in [4.69, 9.17) is 9.47 Å². The van der Waals surface area contributed by atoms with Crippen molar-refractivity contribution in [2.75, 3.05) is 26.4 Å². The monoisotopic (exact) mass is 269 g/mol. The van der Waals surface area contributed by atoms with Crippen molar-refractivity contribution in [1.29, 1.82) is 0 Å². The lowest BCUT2D eigenvalue weighted by Gasteiger charge is -2.13. The highest BCUT2D eigenvalue weighted by atomic mass is 32.1. The Kier molecular flexibility index (Phi) is 5.63. The van der Waals surface area contributed by atoms with E-state index < -0.39 is 0 Å². The van der Waals surface area contributed by atoms with Crippen LogP contribution in [-0.2, 0) is 9.47 Å². The quantitative estimate of drug-likeness (QED) is 0.772. The van der Waals surface area contributed by atoms with Crippen molar-refractivity contribution in [2.24, 2.45) is 0 Å². The van der Waals surface area contributed by atoms with Crippen LogP contribution in [0, 0.1) is 6.92 Å². The summed E-state index contributed by atoms with van der Waals surface area (Å²) in [5.41, 5.74) is 0. The largest absolute Gasteiger partial charge is 0.377 e. The van der Waals surface area contributed by atoms with E-state index in [2.05, 4.69) is 31.3 Å². The first-order valence-corrected chi connectivity index (χ1v) is 7.56. The summed E-state index contributed by atoms with van der Waals surface area (Å²) in [7, 11) is 0. The first-order valence-electron chi connectivity index (χ1n) is 6.75. The zero-order valence-electron chi connectivity index (χ0n) is 11.3. The van der Waals surface area contributed by atoms with Gasteiger partial charge in [0.1, 0.15) is 0 Å². The van der Waals surface area contributed by atoms with Crippen molar-refractivity contribution >= 4 is 11.3 Å². The van der Waals surface area contributed by atoms with Crippen molar-refractivity contribution in [3.63, 3.8) is 0 Å². The fourth-order valence-electron chi connectivity index (χ4n) is 2.12. The minimum absolute atomic E-state index is 0.336. The van der Waals surface area contributed by atoms with E-state index in [9.17, 15) is 0 Å². The Morgan fingerprint density at radius 1 is 1.56 bits per heavy atom. The third kappa shape index (κ3) is 4.35. The Balaban J connectivity index is 1.54. The van der Waals surface area contributed by atoms with Gasteiger partial charge in [-0.15, -0.1) is 11.3 Å². The fourth-order valence-corrected chi connectivity index (χ4v) is 3.03. The van der Waals surface area contributed by atoms with E-state index in [0.717, 1.165) is 32.8 Å². The van der Waals surface area contributed by atoms with Gasteiger partial charge in [0.15, 0.2) is 0 Å². The topological polar surface area (TPSA) is 30.5 Å². The van der Waals surface area contributed by atoms with Gasteiger partial charge in [0.05, 0.1) is 19.3 Å². The van der Waals surface area contributed by atoms with Gasteiger partial charge in [-0.05, 0) is 38.8 Å². The molecule has 0 aliphatic carbocycles. The molecule has 1 fully saturated rings. The highest BCUT2D eigenvalue weighted by Crippen LogP contribution is 2.21. The summed E-state index contributed by atoms with van der Waals surface area (Å²) in [5.74, 6) is 0. The molecule has 2 atom stereocenters. The SMILES string of the molecule is Cc1ccc([C@H](C)NCCOC[C@@H]2CCCO2)s1. The van der Waals surface area contributed by atoms with Crippen LogP contribution in [0.2, 0.25) is 0 Å². The fraction of sp³-hybridized carbons (Fsp3) is 0.714. The lowest BCUT2D eigenvalue weighted by molar-refractivity contribution is 0.0179. The molecule has 1 aromatic heterocycles. The molecule has 102 valence electrons. The van der Waals surface area contributed by atoms with E-state index in [1.54, 1.807) is 0 Å². The maximum absolute atomic E-state index is 5.62. The van der Waals surface area contributed by atoms with Gasteiger partial charge < -0.3 is 14.8 Å². The maximum Gasteiger partial charge on any atom is 0.0809 e. The molecule has 2 heterocycles. The van der Waals surface area contributed by atoms with Gasteiger partial charge in [-0.1, -0.05) is 0 Å². The van der Waals surface area contributed by atoms with Crippen LogP contribution < -0.4 is 5.32 Å². The van der Waals surface area contributed by atoms with E-state index in [-0.39, 0.29) is 0 Å². The predicted octanol–water partition coefficient (Wildman–Crippen LogP) is 2.90. The predicted molar refractivity (Wildman–Crippen MR) is 75.3 cm³/mol. The average molecular weight is 269 g/mol. The van der Waals surface area contributed by atoms with Crippen LogP contribution in [0.3, 0.4) is 0 Å². The van der Waals surface area contributed by atoms with Crippen molar-refractivity contribution < 1.29 is 9.47 Å². The Hall–Kier alpha value is -0.420. The summed E-state index contributed by atoms with van der Waals surface area (Å²) in [6.45, 7) is 7.64. The lowest BCUT2D eigenvalue weighted by atomic mass is 10.2. The molecule has 0 bridgehead atoms. The van der Waals surface area contributed by atoms with Crippen LogP contribution >= 0.6 is 11.3 Å². The van der Waals surface area contributed by atoms with Crippen LogP contribution in [0.1, 0.15) is 35.6 Å². The highest BCUT2D eigenvalue weighted by molar-refractivity contribution is 7.12. The Labute approximate surface area is 113 Å². The molecule has 0 unspecified atom stereocenters. The molecular weight excluding hydrogens is 246 g/mol. The number of ether oxygens (including phenoxy) is 2. The molecule has 0 saturated carbocycles. The standard InChI is InChI=1S/C14H23NO2S/c1-11-5-6-14(18-11)12(2)15-7-9-16-10-13-4-3-8-17-13/h5-6,12-13,15H,3-4,7-10H2,1-2H3/t12-,13-/m0/s1. The molecule has 1 N–H and O–H groups in total. The summed E-state index contributed by atoms with van der Waals surface area (Å²) in [6, 6.07) is 4.78. The van der Waals surface area contributed by atoms with Crippen molar-refractivity contribution in [2.45, 2.75) is 38.8 Å². The van der Waals surface area contributed by atoms with Crippen LogP contribution in [0.4, 0.5) is 0 Å². The number of nitrogens with one attached hydrogen (secondary N) is 1. The van der Waals surface area contributed by atoms with E-state index >= 15 is 0 Å². The molecule has 4 heteroatoms. The third-order valence-corrected chi connectivity index (χ3v) is 4.40. The van der Waals surface area contributed by atoms with Crippen LogP contribution in [0.15, 0.2) is 12.1 Å². The summed E-state index contributed by atoms with van der Waals surface area (Å²) < 4.78 is 11.1. The maximum atomic E-state index is 5.62. The molecule has 0 amide bonds. The second-order valence-electron chi connectivity index (χ2n) is 4.83. The summed E-state index contributed by atoms with van der Waals surface area (Å²) in [6.07, 6.45) is 2.67. The second kappa shape index (κ2) is 7.24. The van der Waals surface area contributed by atoms with Crippen molar-refractivity contribution in [3.8, 4) is 0 Å². The van der Waals surface area contributed by atoms with E-state index in [1.807, 2.05) is 11.3 Å². The molecule has 3 nitrogen and oxygen atoms in total. The summed E-state index contributed by atoms with van der Waals surface area (Å²) in [5, 5.41) is 3.48. The van der Waals surface area contributed by atoms with Gasteiger partial charge in [0.2, 0.25) is 0 Å². The number of rotatable bonds is 7. The third-order valence-electron chi connectivity index (χ3n) is 3.21. The Morgan fingerprint density at radius 2 is 2.44 bits per heavy atom. The van der Waals surface area contributed by atoms with Gasteiger partial charge in [-0.25, -0.2) is 0 Å².